The Labute approximate surface area is 119 Å². The third-order valence-electron chi connectivity index (χ3n) is 2.79. The quantitative estimate of drug-likeness (QED) is 0.869. The van der Waals surface area contributed by atoms with Crippen LogP contribution in [0.1, 0.15) is 22.7 Å². The van der Waals surface area contributed by atoms with E-state index in [0.717, 1.165) is 4.57 Å². The zero-order chi connectivity index (χ0) is 14.7. The van der Waals surface area contributed by atoms with Crippen molar-refractivity contribution in [1.82, 2.24) is 14.5 Å². The van der Waals surface area contributed by atoms with Crippen LogP contribution in [-0.2, 0) is 6.54 Å². The molecule has 0 fully saturated rings. The fraction of sp³-hybridized carbons (Fsp3) is 0.231. The summed E-state index contributed by atoms with van der Waals surface area (Å²) in [6.45, 7) is -2.71. The number of rotatable bonds is 4. The second-order valence-corrected chi connectivity index (χ2v) is 4.58. The molecule has 0 aliphatic rings. The summed E-state index contributed by atoms with van der Waals surface area (Å²) in [6, 6.07) is 6.58. The van der Waals surface area contributed by atoms with Crippen molar-refractivity contribution in [3.05, 3.63) is 53.1 Å². The fourth-order valence-electron chi connectivity index (χ4n) is 1.77. The molecule has 0 unspecified atom stereocenters. The first kappa shape index (κ1) is 14.5. The van der Waals surface area contributed by atoms with Crippen molar-refractivity contribution in [3.63, 3.8) is 0 Å². The van der Waals surface area contributed by atoms with Crippen molar-refractivity contribution in [1.29, 1.82) is 0 Å². The van der Waals surface area contributed by atoms with Crippen LogP contribution in [-0.4, -0.2) is 27.4 Å². The van der Waals surface area contributed by atoms with Crippen LogP contribution in [0.15, 0.2) is 36.7 Å². The van der Waals surface area contributed by atoms with Crippen molar-refractivity contribution >= 4 is 17.5 Å². The largest absolute Gasteiger partial charge is 0.334 e. The Morgan fingerprint density at radius 3 is 2.80 bits per heavy atom. The maximum Gasteiger partial charge on any atom is 0.319 e. The van der Waals surface area contributed by atoms with Gasteiger partial charge in [0.15, 0.2) is 0 Å². The molecule has 0 saturated carbocycles. The van der Waals surface area contributed by atoms with Crippen LogP contribution in [0.4, 0.5) is 8.78 Å². The number of imidazole rings is 1. The number of hydrogen-bond acceptors (Lipinski definition) is 2. The van der Waals surface area contributed by atoms with E-state index < -0.39 is 6.55 Å². The third-order valence-corrected chi connectivity index (χ3v) is 3.12. The molecule has 1 amide bonds. The molecule has 0 N–H and O–H groups in total. The number of carbonyl (C=O) groups excluding carboxylic acids is 1. The molecule has 7 heteroatoms. The van der Waals surface area contributed by atoms with Gasteiger partial charge in [-0.3, -0.25) is 9.36 Å². The van der Waals surface area contributed by atoms with Crippen LogP contribution in [0.2, 0.25) is 5.02 Å². The van der Waals surface area contributed by atoms with E-state index in [2.05, 4.69) is 4.98 Å². The topological polar surface area (TPSA) is 38.1 Å². The fourth-order valence-corrected chi connectivity index (χ4v) is 1.98. The summed E-state index contributed by atoms with van der Waals surface area (Å²) in [5, 5.41) is 0.321. The van der Waals surface area contributed by atoms with Gasteiger partial charge < -0.3 is 4.90 Å². The minimum atomic E-state index is -2.68. The van der Waals surface area contributed by atoms with Gasteiger partial charge in [-0.05, 0) is 12.1 Å². The SMILES string of the molecule is CN(Cc1nccn1C(F)F)C(=O)c1ccccc1Cl. The average Bonchev–Trinajstić information content (AvgIpc) is 2.86. The molecular weight excluding hydrogens is 288 g/mol. The summed E-state index contributed by atoms with van der Waals surface area (Å²) in [6.07, 6.45) is 2.45. The van der Waals surface area contributed by atoms with Gasteiger partial charge in [-0.2, -0.15) is 8.78 Å². The summed E-state index contributed by atoms with van der Waals surface area (Å²) in [7, 11) is 1.51. The Hall–Kier alpha value is -1.95. The molecule has 0 saturated heterocycles. The van der Waals surface area contributed by atoms with Crippen LogP contribution >= 0.6 is 11.6 Å². The summed E-state index contributed by atoms with van der Waals surface area (Å²) >= 11 is 5.94. The average molecular weight is 300 g/mol. The van der Waals surface area contributed by atoms with Gasteiger partial charge in [-0.1, -0.05) is 23.7 Å². The van der Waals surface area contributed by atoms with Gasteiger partial charge in [-0.25, -0.2) is 4.98 Å². The summed E-state index contributed by atoms with van der Waals surface area (Å²) < 4.78 is 26.1. The molecule has 0 aliphatic carbocycles. The van der Waals surface area contributed by atoms with Crippen LogP contribution in [0, 0.1) is 0 Å². The number of carbonyl (C=O) groups is 1. The Balaban J connectivity index is 2.16. The molecule has 1 aromatic carbocycles. The van der Waals surface area contributed by atoms with Crippen molar-refractivity contribution in [2.24, 2.45) is 0 Å². The molecule has 4 nitrogen and oxygen atoms in total. The molecule has 0 bridgehead atoms. The van der Waals surface area contributed by atoms with Gasteiger partial charge in [-0.15, -0.1) is 0 Å². The lowest BCUT2D eigenvalue weighted by Gasteiger charge is -2.18. The standard InChI is InChI=1S/C13H12ClF2N3O/c1-18(8-11-17-6-7-19(11)13(15)16)12(20)9-4-2-3-5-10(9)14/h2-7,13H,8H2,1H3. The molecule has 0 aliphatic heterocycles. The minimum Gasteiger partial charge on any atom is -0.334 e. The number of alkyl halides is 2. The highest BCUT2D eigenvalue weighted by Gasteiger charge is 2.18. The maximum atomic E-state index is 12.7. The first-order chi connectivity index (χ1) is 9.50. The highest BCUT2D eigenvalue weighted by atomic mass is 35.5. The van der Waals surface area contributed by atoms with Crippen molar-refractivity contribution in [3.8, 4) is 0 Å². The smallest absolute Gasteiger partial charge is 0.319 e. The van der Waals surface area contributed by atoms with E-state index in [4.69, 9.17) is 11.6 Å². The first-order valence-electron chi connectivity index (χ1n) is 5.80. The van der Waals surface area contributed by atoms with E-state index in [0.29, 0.717) is 10.6 Å². The molecular formula is C13H12ClF2N3O. The molecule has 0 atom stereocenters. The minimum absolute atomic E-state index is 0.0264. The number of halogens is 3. The normalized spacial score (nSPS) is 10.8. The van der Waals surface area contributed by atoms with Gasteiger partial charge in [0.05, 0.1) is 17.1 Å². The van der Waals surface area contributed by atoms with E-state index in [9.17, 15) is 13.6 Å². The van der Waals surface area contributed by atoms with E-state index in [1.165, 1.54) is 24.3 Å². The Morgan fingerprint density at radius 1 is 1.45 bits per heavy atom. The highest BCUT2D eigenvalue weighted by molar-refractivity contribution is 6.33. The first-order valence-corrected chi connectivity index (χ1v) is 6.18. The molecule has 1 heterocycles. The van der Waals surface area contributed by atoms with Gasteiger partial charge in [0, 0.05) is 19.4 Å². The Morgan fingerprint density at radius 2 is 2.15 bits per heavy atom. The van der Waals surface area contributed by atoms with E-state index >= 15 is 0 Å². The molecule has 20 heavy (non-hydrogen) atoms. The number of benzene rings is 1. The predicted octanol–water partition coefficient (Wildman–Crippen LogP) is 3.20. The monoisotopic (exact) mass is 299 g/mol. The zero-order valence-corrected chi connectivity index (χ0v) is 11.4. The number of aromatic nitrogens is 2. The summed E-state index contributed by atoms with van der Waals surface area (Å²) in [5.74, 6) is -0.234. The molecule has 2 aromatic rings. The van der Waals surface area contributed by atoms with Gasteiger partial charge in [0.25, 0.3) is 5.91 Å². The zero-order valence-electron chi connectivity index (χ0n) is 10.6. The van der Waals surface area contributed by atoms with Gasteiger partial charge >= 0.3 is 6.55 Å². The van der Waals surface area contributed by atoms with Gasteiger partial charge in [0.2, 0.25) is 0 Å². The van der Waals surface area contributed by atoms with Crippen LogP contribution < -0.4 is 0 Å². The van der Waals surface area contributed by atoms with Gasteiger partial charge in [0.1, 0.15) is 5.82 Å². The Kier molecular flexibility index (Phi) is 4.34. The number of hydrogen-bond donors (Lipinski definition) is 0. The maximum absolute atomic E-state index is 12.7. The summed E-state index contributed by atoms with van der Waals surface area (Å²) in [4.78, 5) is 17.3. The lowest BCUT2D eigenvalue weighted by molar-refractivity contribution is 0.0612. The van der Waals surface area contributed by atoms with E-state index in [1.54, 1.807) is 24.3 Å². The second-order valence-electron chi connectivity index (χ2n) is 4.17. The van der Waals surface area contributed by atoms with Crippen LogP contribution in [0.3, 0.4) is 0 Å². The van der Waals surface area contributed by atoms with E-state index in [1.807, 2.05) is 0 Å². The number of nitrogens with zero attached hydrogens (tertiary/aromatic N) is 3. The molecule has 1 aromatic heterocycles. The second kappa shape index (κ2) is 6.00. The number of amides is 1. The molecule has 2 rings (SSSR count). The summed E-state index contributed by atoms with van der Waals surface area (Å²) in [5.41, 5.74) is 0.326. The van der Waals surface area contributed by atoms with Crippen molar-refractivity contribution < 1.29 is 13.6 Å². The predicted molar refractivity (Wildman–Crippen MR) is 70.7 cm³/mol. The highest BCUT2D eigenvalue weighted by Crippen LogP contribution is 2.18. The van der Waals surface area contributed by atoms with Crippen molar-refractivity contribution in [2.45, 2.75) is 13.1 Å². The van der Waals surface area contributed by atoms with E-state index in [-0.39, 0.29) is 18.3 Å². The lowest BCUT2D eigenvalue weighted by Crippen LogP contribution is -2.28. The van der Waals surface area contributed by atoms with Crippen LogP contribution in [0.25, 0.3) is 0 Å². The molecule has 0 radical (unpaired) electrons. The molecule has 0 spiro atoms. The molecule has 106 valence electrons. The van der Waals surface area contributed by atoms with Crippen LogP contribution in [0.5, 0.6) is 0 Å². The lowest BCUT2D eigenvalue weighted by atomic mass is 10.2. The van der Waals surface area contributed by atoms with Crippen molar-refractivity contribution in [2.75, 3.05) is 7.05 Å². The Bertz CT molecular complexity index is 615. The third kappa shape index (κ3) is 2.96.